The van der Waals surface area contributed by atoms with Crippen LogP contribution in [0.1, 0.15) is 37.4 Å². The highest BCUT2D eigenvalue weighted by Crippen LogP contribution is 2.18. The van der Waals surface area contributed by atoms with Crippen molar-refractivity contribution in [3.63, 3.8) is 0 Å². The van der Waals surface area contributed by atoms with E-state index in [9.17, 15) is 4.39 Å². The Morgan fingerprint density at radius 1 is 1.15 bits per heavy atom. The predicted molar refractivity (Wildman–Crippen MR) is 78.5 cm³/mol. The average Bonchev–Trinajstić information content (AvgIpc) is 2.48. The first-order chi connectivity index (χ1) is 9.69. The Balaban J connectivity index is 1.81. The lowest BCUT2D eigenvalue weighted by molar-refractivity contribution is 0.300. The molecule has 0 aliphatic rings. The maximum Gasteiger partial charge on any atom is 0.141 e. The van der Waals surface area contributed by atoms with Crippen LogP contribution >= 0.6 is 0 Å². The molecule has 2 aromatic rings. The SMILES string of the molecule is CCc1ccc(OCCC(C)c2ccc(F)cn2)cc1. The fourth-order valence-corrected chi connectivity index (χ4v) is 2.00. The van der Waals surface area contributed by atoms with Gasteiger partial charge in [-0.2, -0.15) is 0 Å². The zero-order valence-corrected chi connectivity index (χ0v) is 12.0. The van der Waals surface area contributed by atoms with Gasteiger partial charge in [-0.25, -0.2) is 4.39 Å². The number of hydrogen-bond donors (Lipinski definition) is 0. The average molecular weight is 273 g/mol. The molecule has 1 unspecified atom stereocenters. The summed E-state index contributed by atoms with van der Waals surface area (Å²) in [5.41, 5.74) is 2.21. The summed E-state index contributed by atoms with van der Waals surface area (Å²) < 4.78 is 18.5. The molecule has 0 bridgehead atoms. The van der Waals surface area contributed by atoms with Crippen molar-refractivity contribution in [1.29, 1.82) is 0 Å². The fraction of sp³-hybridized carbons (Fsp3) is 0.353. The molecule has 0 saturated heterocycles. The molecule has 0 radical (unpaired) electrons. The van der Waals surface area contributed by atoms with Gasteiger partial charge in [0.1, 0.15) is 11.6 Å². The van der Waals surface area contributed by atoms with E-state index in [-0.39, 0.29) is 11.7 Å². The normalized spacial score (nSPS) is 12.2. The zero-order chi connectivity index (χ0) is 14.4. The van der Waals surface area contributed by atoms with Crippen molar-refractivity contribution in [3.8, 4) is 5.75 Å². The summed E-state index contributed by atoms with van der Waals surface area (Å²) >= 11 is 0. The van der Waals surface area contributed by atoms with Crippen LogP contribution in [0, 0.1) is 5.82 Å². The Hall–Kier alpha value is -1.90. The predicted octanol–water partition coefficient (Wildman–Crippen LogP) is 4.36. The largest absolute Gasteiger partial charge is 0.494 e. The Morgan fingerprint density at radius 3 is 2.50 bits per heavy atom. The lowest BCUT2D eigenvalue weighted by Crippen LogP contribution is -2.04. The van der Waals surface area contributed by atoms with Crippen LogP contribution in [0.25, 0.3) is 0 Å². The van der Waals surface area contributed by atoms with E-state index in [1.807, 2.05) is 12.1 Å². The lowest BCUT2D eigenvalue weighted by atomic mass is 10.0. The molecule has 0 amide bonds. The number of ether oxygens (including phenoxy) is 1. The number of pyridine rings is 1. The number of hydrogen-bond acceptors (Lipinski definition) is 2. The number of nitrogens with zero attached hydrogens (tertiary/aromatic N) is 1. The molecule has 1 heterocycles. The van der Waals surface area contributed by atoms with Crippen LogP contribution in [0.2, 0.25) is 0 Å². The minimum atomic E-state index is -0.298. The molecular weight excluding hydrogens is 253 g/mol. The second kappa shape index (κ2) is 7.04. The summed E-state index contributed by atoms with van der Waals surface area (Å²) in [5.74, 6) is 0.847. The summed E-state index contributed by atoms with van der Waals surface area (Å²) in [6.45, 7) is 4.84. The Morgan fingerprint density at radius 2 is 1.90 bits per heavy atom. The molecule has 2 nitrogen and oxygen atoms in total. The standard InChI is InChI=1S/C17H20FNO/c1-3-14-4-7-16(8-5-14)20-11-10-13(2)17-9-6-15(18)12-19-17/h4-9,12-13H,3,10-11H2,1-2H3. The van der Waals surface area contributed by atoms with Crippen molar-refractivity contribution in [2.24, 2.45) is 0 Å². The second-order valence-corrected chi connectivity index (χ2v) is 4.94. The zero-order valence-electron chi connectivity index (χ0n) is 12.0. The Bertz CT molecular complexity index is 522. The van der Waals surface area contributed by atoms with Crippen molar-refractivity contribution in [3.05, 3.63) is 59.7 Å². The van der Waals surface area contributed by atoms with Crippen LogP contribution in [0.5, 0.6) is 5.75 Å². The summed E-state index contributed by atoms with van der Waals surface area (Å²) in [4.78, 5) is 4.10. The number of halogens is 1. The van der Waals surface area contributed by atoms with E-state index in [0.29, 0.717) is 6.61 Å². The van der Waals surface area contributed by atoms with Gasteiger partial charge in [0, 0.05) is 11.6 Å². The molecule has 1 aromatic carbocycles. The third-order valence-electron chi connectivity index (χ3n) is 3.41. The Kier molecular flexibility index (Phi) is 5.10. The van der Waals surface area contributed by atoms with Gasteiger partial charge >= 0.3 is 0 Å². The van der Waals surface area contributed by atoms with Crippen molar-refractivity contribution in [2.45, 2.75) is 32.6 Å². The molecule has 0 N–H and O–H groups in total. The van der Waals surface area contributed by atoms with Gasteiger partial charge in [-0.1, -0.05) is 26.0 Å². The summed E-state index contributed by atoms with van der Waals surface area (Å²) in [6.07, 6.45) is 3.15. The Labute approximate surface area is 119 Å². The van der Waals surface area contributed by atoms with E-state index in [1.54, 1.807) is 6.07 Å². The molecule has 1 atom stereocenters. The van der Waals surface area contributed by atoms with Gasteiger partial charge in [0.25, 0.3) is 0 Å². The molecule has 0 saturated carbocycles. The first-order valence-corrected chi connectivity index (χ1v) is 7.02. The van der Waals surface area contributed by atoms with Crippen molar-refractivity contribution in [2.75, 3.05) is 6.61 Å². The minimum Gasteiger partial charge on any atom is -0.494 e. The first kappa shape index (κ1) is 14.5. The van der Waals surface area contributed by atoms with Crippen LogP contribution in [0.3, 0.4) is 0 Å². The lowest BCUT2D eigenvalue weighted by Gasteiger charge is -2.12. The highest BCUT2D eigenvalue weighted by molar-refractivity contribution is 5.27. The van der Waals surface area contributed by atoms with Crippen molar-refractivity contribution in [1.82, 2.24) is 4.98 Å². The van der Waals surface area contributed by atoms with E-state index in [4.69, 9.17) is 4.74 Å². The third kappa shape index (κ3) is 4.05. The molecule has 2 rings (SSSR count). The molecule has 3 heteroatoms. The third-order valence-corrected chi connectivity index (χ3v) is 3.41. The summed E-state index contributed by atoms with van der Waals surface area (Å²) in [7, 11) is 0. The minimum absolute atomic E-state index is 0.255. The molecule has 0 aliphatic heterocycles. The molecule has 0 spiro atoms. The van der Waals surface area contributed by atoms with E-state index in [2.05, 4.69) is 31.0 Å². The van der Waals surface area contributed by atoms with Crippen LogP contribution in [0.4, 0.5) is 4.39 Å². The monoisotopic (exact) mass is 273 g/mol. The van der Waals surface area contributed by atoms with Gasteiger partial charge in [-0.3, -0.25) is 4.98 Å². The fourth-order valence-electron chi connectivity index (χ4n) is 2.00. The van der Waals surface area contributed by atoms with Gasteiger partial charge in [0.15, 0.2) is 0 Å². The van der Waals surface area contributed by atoms with Gasteiger partial charge in [0.05, 0.1) is 12.8 Å². The highest BCUT2D eigenvalue weighted by Gasteiger charge is 2.07. The number of aromatic nitrogens is 1. The van der Waals surface area contributed by atoms with Crippen LogP contribution < -0.4 is 4.74 Å². The van der Waals surface area contributed by atoms with E-state index in [0.717, 1.165) is 24.3 Å². The number of benzene rings is 1. The molecule has 106 valence electrons. The van der Waals surface area contributed by atoms with Gasteiger partial charge in [-0.15, -0.1) is 0 Å². The summed E-state index contributed by atoms with van der Waals surface area (Å²) in [5, 5.41) is 0. The second-order valence-electron chi connectivity index (χ2n) is 4.94. The quantitative estimate of drug-likeness (QED) is 0.780. The van der Waals surface area contributed by atoms with Gasteiger partial charge in [0.2, 0.25) is 0 Å². The van der Waals surface area contributed by atoms with Crippen LogP contribution in [-0.4, -0.2) is 11.6 Å². The van der Waals surface area contributed by atoms with E-state index in [1.165, 1.54) is 17.8 Å². The van der Waals surface area contributed by atoms with Crippen LogP contribution in [-0.2, 0) is 6.42 Å². The van der Waals surface area contributed by atoms with Crippen LogP contribution in [0.15, 0.2) is 42.6 Å². The maximum absolute atomic E-state index is 12.8. The van der Waals surface area contributed by atoms with Crippen molar-refractivity contribution < 1.29 is 9.13 Å². The highest BCUT2D eigenvalue weighted by atomic mass is 19.1. The smallest absolute Gasteiger partial charge is 0.141 e. The summed E-state index contributed by atoms with van der Waals surface area (Å²) in [6, 6.07) is 11.3. The number of rotatable bonds is 6. The van der Waals surface area contributed by atoms with Crippen molar-refractivity contribution >= 4 is 0 Å². The van der Waals surface area contributed by atoms with Gasteiger partial charge < -0.3 is 4.74 Å². The first-order valence-electron chi connectivity index (χ1n) is 7.02. The molecule has 0 fully saturated rings. The van der Waals surface area contributed by atoms with E-state index < -0.39 is 0 Å². The maximum atomic E-state index is 12.8. The molecule has 1 aromatic heterocycles. The van der Waals surface area contributed by atoms with E-state index >= 15 is 0 Å². The molecule has 0 aliphatic carbocycles. The number of aryl methyl sites for hydroxylation is 1. The molecular formula is C17H20FNO. The molecule has 20 heavy (non-hydrogen) atoms. The topological polar surface area (TPSA) is 22.1 Å². The van der Waals surface area contributed by atoms with Gasteiger partial charge in [-0.05, 0) is 42.7 Å².